The van der Waals surface area contributed by atoms with Gasteiger partial charge >= 0.3 is 0 Å². The summed E-state index contributed by atoms with van der Waals surface area (Å²) in [6, 6.07) is 209. The molecule has 0 saturated heterocycles. The molecule has 22 aromatic rings. The van der Waals surface area contributed by atoms with Crippen molar-refractivity contribution >= 4 is 136 Å². The zero-order valence-corrected chi connectivity index (χ0v) is 81.0. The SMILES string of the molecule is Cc1ccc(N(c2ccccc2)c2ccc(N(c3ccccc3)c3ccc(-c4ccccc4-c4ccc(N(c5ccccc5)c5ccc(N(c6ccccc6)c6ccc(C)cc6)cc5)cc4)cc3)cc2)cc1.Cc1ccc(N(c2ccccc2)c2ccc(N(c3ccccc3)c3cccc(-c4ccccc4-c4cccc(N(c5ccccc5)c5ccc(N(c6ccccc6)c6ccc(C)cc6)cc5)c4)c3)cc2)cc1. The molecule has 0 N–H and O–H groups in total. The summed E-state index contributed by atoms with van der Waals surface area (Å²) >= 11 is 0. The molecule has 0 radical (unpaired) electrons. The molecule has 0 aliphatic carbocycles. The molecule has 144 heavy (non-hydrogen) atoms. The molecule has 0 aliphatic rings. The van der Waals surface area contributed by atoms with Gasteiger partial charge in [0.05, 0.1) is 0 Å². The van der Waals surface area contributed by atoms with Crippen LogP contribution in [0.25, 0.3) is 44.5 Å². The van der Waals surface area contributed by atoms with Crippen LogP contribution in [0.2, 0.25) is 0 Å². The van der Waals surface area contributed by atoms with Gasteiger partial charge in [0.2, 0.25) is 0 Å². The summed E-state index contributed by atoms with van der Waals surface area (Å²) in [5.74, 6) is 0. The van der Waals surface area contributed by atoms with E-state index < -0.39 is 0 Å². The van der Waals surface area contributed by atoms with Crippen LogP contribution in [0.5, 0.6) is 0 Å². The van der Waals surface area contributed by atoms with E-state index in [-0.39, 0.29) is 0 Å². The van der Waals surface area contributed by atoms with Crippen molar-refractivity contribution < 1.29 is 0 Å². The lowest BCUT2D eigenvalue weighted by Crippen LogP contribution is -2.12. The zero-order valence-electron chi connectivity index (χ0n) is 81.0. The van der Waals surface area contributed by atoms with E-state index >= 15 is 0 Å². The Kier molecular flexibility index (Phi) is 27.4. The predicted octanol–water partition coefficient (Wildman–Crippen LogP) is 39.0. The Morgan fingerprint density at radius 3 is 0.375 bits per heavy atom. The van der Waals surface area contributed by atoms with Gasteiger partial charge in [0.15, 0.2) is 0 Å². The van der Waals surface area contributed by atoms with Gasteiger partial charge in [-0.2, -0.15) is 0 Å². The molecule has 22 aromatic carbocycles. The van der Waals surface area contributed by atoms with E-state index in [1.54, 1.807) is 0 Å². The average molecular weight is 1850 g/mol. The van der Waals surface area contributed by atoms with Gasteiger partial charge < -0.3 is 39.2 Å². The minimum atomic E-state index is 1.07. The summed E-state index contributed by atoms with van der Waals surface area (Å²) in [6.07, 6.45) is 0. The minimum Gasteiger partial charge on any atom is -0.311 e. The monoisotopic (exact) mass is 1850 g/mol. The van der Waals surface area contributed by atoms with Gasteiger partial charge in [0.25, 0.3) is 0 Å². The second-order valence-corrected chi connectivity index (χ2v) is 36.1. The maximum Gasteiger partial charge on any atom is 0.0467 e. The summed E-state index contributed by atoms with van der Waals surface area (Å²) in [5.41, 5.74) is 40.4. The van der Waals surface area contributed by atoms with Crippen molar-refractivity contribution in [2.75, 3.05) is 39.2 Å². The van der Waals surface area contributed by atoms with Crippen LogP contribution in [0, 0.1) is 27.7 Å². The number of para-hydroxylation sites is 8. The first kappa shape index (κ1) is 91.6. The highest BCUT2D eigenvalue weighted by Crippen LogP contribution is 2.49. The fourth-order valence-electron chi connectivity index (χ4n) is 19.2. The summed E-state index contributed by atoms with van der Waals surface area (Å²) in [7, 11) is 0. The number of anilines is 24. The van der Waals surface area contributed by atoms with Crippen LogP contribution in [-0.2, 0) is 0 Å². The largest absolute Gasteiger partial charge is 0.311 e. The summed E-state index contributed by atoms with van der Waals surface area (Å²) < 4.78 is 0. The molecular formula is C136H108N8. The number of nitrogens with zero attached hydrogens (tertiary/aromatic N) is 8. The molecule has 692 valence electrons. The van der Waals surface area contributed by atoms with Crippen molar-refractivity contribution in [2.45, 2.75) is 27.7 Å². The Hall–Kier alpha value is -18.8. The van der Waals surface area contributed by atoms with Gasteiger partial charge in [-0.05, 0) is 363 Å². The zero-order chi connectivity index (χ0) is 97.3. The number of benzene rings is 22. The van der Waals surface area contributed by atoms with Crippen molar-refractivity contribution in [3.63, 3.8) is 0 Å². The highest BCUT2D eigenvalue weighted by Gasteiger charge is 2.25. The summed E-state index contributed by atoms with van der Waals surface area (Å²) in [4.78, 5) is 18.6. The Labute approximate surface area is 846 Å². The molecule has 0 bridgehead atoms. The van der Waals surface area contributed by atoms with Crippen LogP contribution in [0.4, 0.5) is 136 Å². The molecule has 8 heteroatoms. The third-order valence-electron chi connectivity index (χ3n) is 26.3. The van der Waals surface area contributed by atoms with Crippen molar-refractivity contribution in [1.82, 2.24) is 0 Å². The summed E-state index contributed by atoms with van der Waals surface area (Å²) in [5, 5.41) is 0. The van der Waals surface area contributed by atoms with Crippen LogP contribution in [-0.4, -0.2) is 0 Å². The first-order valence-electron chi connectivity index (χ1n) is 49.2. The molecule has 0 aliphatic heterocycles. The smallest absolute Gasteiger partial charge is 0.0467 e. The molecule has 0 unspecified atom stereocenters. The van der Waals surface area contributed by atoms with E-state index in [0.29, 0.717) is 0 Å². The van der Waals surface area contributed by atoms with Gasteiger partial charge in [0, 0.05) is 136 Å². The molecular weight excluding hydrogens is 1750 g/mol. The first-order valence-corrected chi connectivity index (χ1v) is 49.2. The third kappa shape index (κ3) is 20.6. The Bertz CT molecular complexity index is 7460. The van der Waals surface area contributed by atoms with E-state index in [4.69, 9.17) is 0 Å². The number of hydrogen-bond acceptors (Lipinski definition) is 8. The first-order chi connectivity index (χ1) is 71.1. The van der Waals surface area contributed by atoms with Gasteiger partial charge in [-0.15, -0.1) is 0 Å². The second-order valence-electron chi connectivity index (χ2n) is 36.1. The molecule has 0 aromatic heterocycles. The number of hydrogen-bond donors (Lipinski definition) is 0. The Morgan fingerprint density at radius 1 is 0.0903 bits per heavy atom. The van der Waals surface area contributed by atoms with Crippen LogP contribution in [0.15, 0.2) is 582 Å². The third-order valence-corrected chi connectivity index (χ3v) is 26.3. The fraction of sp³-hybridized carbons (Fsp3) is 0.0294. The van der Waals surface area contributed by atoms with E-state index in [1.165, 1.54) is 33.4 Å². The molecule has 0 spiro atoms. The Balaban J connectivity index is 0.000000170. The van der Waals surface area contributed by atoms with E-state index in [2.05, 4.69) is 649 Å². The van der Waals surface area contributed by atoms with Crippen LogP contribution in [0.3, 0.4) is 0 Å². The van der Waals surface area contributed by atoms with E-state index in [9.17, 15) is 0 Å². The van der Waals surface area contributed by atoms with Gasteiger partial charge in [0.1, 0.15) is 0 Å². The highest BCUT2D eigenvalue weighted by atomic mass is 15.2. The highest BCUT2D eigenvalue weighted by molar-refractivity contribution is 5.93. The van der Waals surface area contributed by atoms with Crippen LogP contribution in [0.1, 0.15) is 22.3 Å². The molecule has 0 heterocycles. The van der Waals surface area contributed by atoms with Gasteiger partial charge in [-0.1, -0.05) is 313 Å². The lowest BCUT2D eigenvalue weighted by Gasteiger charge is -2.29. The fourth-order valence-corrected chi connectivity index (χ4v) is 19.2. The lowest BCUT2D eigenvalue weighted by atomic mass is 9.93. The van der Waals surface area contributed by atoms with Crippen LogP contribution >= 0.6 is 0 Å². The van der Waals surface area contributed by atoms with Crippen molar-refractivity contribution in [1.29, 1.82) is 0 Å². The molecule has 8 nitrogen and oxygen atoms in total. The Morgan fingerprint density at radius 2 is 0.208 bits per heavy atom. The second kappa shape index (κ2) is 43.1. The van der Waals surface area contributed by atoms with Crippen molar-refractivity contribution in [2.24, 2.45) is 0 Å². The minimum absolute atomic E-state index is 1.07. The normalized spacial score (nSPS) is 10.9. The quantitative estimate of drug-likeness (QED) is 0.0479. The van der Waals surface area contributed by atoms with E-state index in [0.717, 1.165) is 170 Å². The van der Waals surface area contributed by atoms with Gasteiger partial charge in [-0.3, -0.25) is 0 Å². The van der Waals surface area contributed by atoms with Gasteiger partial charge in [-0.25, -0.2) is 0 Å². The summed E-state index contributed by atoms with van der Waals surface area (Å²) in [6.45, 7) is 8.51. The predicted molar refractivity (Wildman–Crippen MR) is 611 cm³/mol. The maximum atomic E-state index is 2.35. The molecule has 0 saturated carbocycles. The van der Waals surface area contributed by atoms with Crippen LogP contribution < -0.4 is 39.2 Å². The number of aryl methyl sites for hydroxylation is 4. The standard InChI is InChI=1S/2C68H54N4/c1-51-33-37-59(38-34-51)69(55-21-7-3-8-22-55)61-41-45-63(46-42-61)71(57-25-11-5-12-26-57)65-29-17-19-53(49-65)67-31-15-16-32-68(67)54-20-18-30-66(50-54)72(58-27-13-6-14-28-58)64-47-43-62(44-48-64)70(56-23-9-4-10-24-56)60-39-35-52(2)36-40-60;1-51-27-35-59(36-28-51)69(55-17-7-3-8-18-55)63-43-47-65(48-44-63)71(57-21-11-5-12-22-57)61-39-31-53(32-40-61)67-25-15-16-26-68(67)54-33-41-62(42-34-54)72(58-23-13-6-14-24-58)66-49-45-64(46-50-66)70(56-19-9-4-10-20-56)60-37-29-52(2)30-38-60/h2*3-50H,1-2H3. The molecule has 0 fully saturated rings. The molecule has 0 atom stereocenters. The number of rotatable bonds is 28. The van der Waals surface area contributed by atoms with E-state index in [1.807, 2.05) is 0 Å². The average Bonchev–Trinajstić information content (AvgIpc) is 0.802. The molecule has 22 rings (SSSR count). The topological polar surface area (TPSA) is 25.9 Å². The van der Waals surface area contributed by atoms with Crippen molar-refractivity contribution in [3.05, 3.63) is 605 Å². The maximum absolute atomic E-state index is 2.35. The molecule has 0 amide bonds. The van der Waals surface area contributed by atoms with Crippen molar-refractivity contribution in [3.8, 4) is 44.5 Å². The lowest BCUT2D eigenvalue weighted by molar-refractivity contribution is 1.25.